The summed E-state index contributed by atoms with van der Waals surface area (Å²) in [5.41, 5.74) is 4.42. The summed E-state index contributed by atoms with van der Waals surface area (Å²) in [4.78, 5) is 4.05. The molecule has 0 saturated heterocycles. The van der Waals surface area contributed by atoms with E-state index in [1.54, 1.807) is 12.1 Å². The molecule has 0 bridgehead atoms. The molecule has 1 aromatic heterocycles. The molecule has 0 aliphatic carbocycles. The number of para-hydroxylation sites is 1. The molecule has 0 spiro atoms. The Labute approximate surface area is 128 Å². The molecule has 0 saturated carbocycles. The van der Waals surface area contributed by atoms with Gasteiger partial charge >= 0.3 is 0 Å². The van der Waals surface area contributed by atoms with Gasteiger partial charge in [-0.05, 0) is 43.2 Å². The Bertz CT molecular complexity index is 910. The van der Waals surface area contributed by atoms with Crippen LogP contribution >= 0.6 is 0 Å². The largest absolute Gasteiger partial charge is 0.354 e. The number of rotatable bonds is 2. The number of anilines is 2. The second-order valence-corrected chi connectivity index (χ2v) is 5.22. The minimum absolute atomic E-state index is 0.257. The standard InChI is InChI=1S/C18H14FN3/c1-11-6-7-14(8-12(11)2)22-17-13(9-20)10-21-18-15(17)4-3-5-16(18)19/h3-8,10H,1-2H3,(H,21,22). The van der Waals surface area contributed by atoms with Crippen LogP contribution in [-0.2, 0) is 0 Å². The Balaban J connectivity index is 2.18. The maximum absolute atomic E-state index is 13.9. The number of benzene rings is 2. The Morgan fingerprint density at radius 3 is 2.68 bits per heavy atom. The number of pyridine rings is 1. The van der Waals surface area contributed by atoms with Gasteiger partial charge in [-0.2, -0.15) is 5.26 Å². The monoisotopic (exact) mass is 291 g/mol. The molecule has 0 radical (unpaired) electrons. The highest BCUT2D eigenvalue weighted by Gasteiger charge is 2.12. The molecule has 1 heterocycles. The Kier molecular flexibility index (Phi) is 3.48. The molecule has 3 aromatic rings. The average Bonchev–Trinajstić information content (AvgIpc) is 2.52. The first kappa shape index (κ1) is 14.0. The average molecular weight is 291 g/mol. The zero-order valence-corrected chi connectivity index (χ0v) is 12.3. The summed E-state index contributed by atoms with van der Waals surface area (Å²) in [5, 5.41) is 13.1. The highest BCUT2D eigenvalue weighted by molar-refractivity contribution is 5.96. The van der Waals surface area contributed by atoms with Gasteiger partial charge in [0, 0.05) is 17.3 Å². The van der Waals surface area contributed by atoms with Crippen LogP contribution in [0.5, 0.6) is 0 Å². The first-order chi connectivity index (χ1) is 10.6. The van der Waals surface area contributed by atoms with Crippen molar-refractivity contribution >= 4 is 22.3 Å². The summed E-state index contributed by atoms with van der Waals surface area (Å²) in [6, 6.07) is 12.8. The summed E-state index contributed by atoms with van der Waals surface area (Å²) in [5.74, 6) is -0.398. The van der Waals surface area contributed by atoms with Gasteiger partial charge in [-0.3, -0.25) is 4.98 Å². The number of aromatic nitrogens is 1. The SMILES string of the molecule is Cc1ccc(Nc2c(C#N)cnc3c(F)cccc23)cc1C. The Morgan fingerprint density at radius 1 is 1.14 bits per heavy atom. The van der Waals surface area contributed by atoms with Crippen LogP contribution in [0.25, 0.3) is 10.9 Å². The van der Waals surface area contributed by atoms with Gasteiger partial charge in [0.05, 0.1) is 11.3 Å². The van der Waals surface area contributed by atoms with Crippen LogP contribution in [0.1, 0.15) is 16.7 Å². The van der Waals surface area contributed by atoms with E-state index in [0.29, 0.717) is 16.6 Å². The van der Waals surface area contributed by atoms with E-state index < -0.39 is 5.82 Å². The van der Waals surface area contributed by atoms with Gasteiger partial charge < -0.3 is 5.32 Å². The highest BCUT2D eigenvalue weighted by atomic mass is 19.1. The third-order valence-electron chi connectivity index (χ3n) is 3.74. The van der Waals surface area contributed by atoms with Crippen molar-refractivity contribution < 1.29 is 4.39 Å². The number of aryl methyl sites for hydroxylation is 2. The van der Waals surface area contributed by atoms with Crippen LogP contribution in [-0.4, -0.2) is 4.98 Å². The maximum atomic E-state index is 13.9. The fraction of sp³-hybridized carbons (Fsp3) is 0.111. The van der Waals surface area contributed by atoms with E-state index >= 15 is 0 Å². The Hall–Kier alpha value is -2.93. The number of hydrogen-bond donors (Lipinski definition) is 1. The third-order valence-corrected chi connectivity index (χ3v) is 3.74. The molecule has 0 amide bonds. The molecular formula is C18H14FN3. The number of nitriles is 1. The van der Waals surface area contributed by atoms with Gasteiger partial charge in [0.2, 0.25) is 0 Å². The molecule has 1 N–H and O–H groups in total. The second-order valence-electron chi connectivity index (χ2n) is 5.22. The second kappa shape index (κ2) is 5.45. The summed E-state index contributed by atoms with van der Waals surface area (Å²) in [6.45, 7) is 4.06. The molecule has 0 atom stereocenters. The van der Waals surface area contributed by atoms with Crippen molar-refractivity contribution in [3.05, 3.63) is 65.1 Å². The van der Waals surface area contributed by atoms with Crippen molar-refractivity contribution in [2.45, 2.75) is 13.8 Å². The van der Waals surface area contributed by atoms with Gasteiger partial charge in [-0.25, -0.2) is 4.39 Å². The molecule has 3 nitrogen and oxygen atoms in total. The van der Waals surface area contributed by atoms with Crippen LogP contribution in [0.2, 0.25) is 0 Å². The van der Waals surface area contributed by atoms with Crippen molar-refractivity contribution in [2.24, 2.45) is 0 Å². The first-order valence-electron chi connectivity index (χ1n) is 6.92. The van der Waals surface area contributed by atoms with Gasteiger partial charge in [-0.15, -0.1) is 0 Å². The molecule has 0 unspecified atom stereocenters. The van der Waals surface area contributed by atoms with E-state index in [1.165, 1.54) is 17.8 Å². The van der Waals surface area contributed by atoms with E-state index in [-0.39, 0.29) is 5.52 Å². The summed E-state index contributed by atoms with van der Waals surface area (Å²) < 4.78 is 13.9. The fourth-order valence-corrected chi connectivity index (χ4v) is 2.37. The molecule has 3 rings (SSSR count). The predicted molar refractivity (Wildman–Crippen MR) is 85.6 cm³/mol. The number of halogens is 1. The van der Waals surface area contributed by atoms with E-state index in [9.17, 15) is 9.65 Å². The lowest BCUT2D eigenvalue weighted by Crippen LogP contribution is -1.98. The van der Waals surface area contributed by atoms with Crippen LogP contribution in [0, 0.1) is 31.0 Å². The highest BCUT2D eigenvalue weighted by Crippen LogP contribution is 2.30. The number of fused-ring (bicyclic) bond motifs is 1. The van der Waals surface area contributed by atoms with Crippen LogP contribution in [0.3, 0.4) is 0 Å². The normalized spacial score (nSPS) is 10.5. The summed E-state index contributed by atoms with van der Waals surface area (Å²) in [6.07, 6.45) is 1.40. The fourth-order valence-electron chi connectivity index (χ4n) is 2.37. The first-order valence-corrected chi connectivity index (χ1v) is 6.92. The predicted octanol–water partition coefficient (Wildman–Crippen LogP) is 4.61. The minimum Gasteiger partial charge on any atom is -0.354 e. The molecule has 108 valence electrons. The zero-order chi connectivity index (χ0) is 15.7. The van der Waals surface area contributed by atoms with E-state index in [4.69, 9.17) is 0 Å². The lowest BCUT2D eigenvalue weighted by atomic mass is 10.1. The Morgan fingerprint density at radius 2 is 1.95 bits per heavy atom. The third kappa shape index (κ3) is 2.38. The quantitative estimate of drug-likeness (QED) is 0.750. The number of nitrogens with one attached hydrogen (secondary N) is 1. The summed E-state index contributed by atoms with van der Waals surface area (Å²) >= 11 is 0. The van der Waals surface area contributed by atoms with Crippen LogP contribution in [0.4, 0.5) is 15.8 Å². The van der Waals surface area contributed by atoms with Gasteiger partial charge in [0.1, 0.15) is 17.4 Å². The molecule has 2 aromatic carbocycles. The molecule has 4 heteroatoms. The van der Waals surface area contributed by atoms with Crippen molar-refractivity contribution in [1.82, 2.24) is 4.98 Å². The van der Waals surface area contributed by atoms with E-state index in [2.05, 4.69) is 16.4 Å². The van der Waals surface area contributed by atoms with Crippen LogP contribution in [0.15, 0.2) is 42.6 Å². The van der Waals surface area contributed by atoms with Gasteiger partial charge in [0.15, 0.2) is 0 Å². The number of nitrogens with zero attached hydrogens (tertiary/aromatic N) is 2. The van der Waals surface area contributed by atoms with E-state index in [1.807, 2.05) is 32.0 Å². The molecule has 0 aliphatic rings. The van der Waals surface area contributed by atoms with Crippen molar-refractivity contribution in [2.75, 3.05) is 5.32 Å². The topological polar surface area (TPSA) is 48.7 Å². The lowest BCUT2D eigenvalue weighted by molar-refractivity contribution is 0.637. The molecular weight excluding hydrogens is 277 g/mol. The summed E-state index contributed by atoms with van der Waals surface area (Å²) in [7, 11) is 0. The van der Waals surface area contributed by atoms with Gasteiger partial charge in [-0.1, -0.05) is 18.2 Å². The van der Waals surface area contributed by atoms with E-state index in [0.717, 1.165) is 11.3 Å². The molecule has 0 fully saturated rings. The van der Waals surface area contributed by atoms with Gasteiger partial charge in [0.25, 0.3) is 0 Å². The smallest absolute Gasteiger partial charge is 0.149 e. The van der Waals surface area contributed by atoms with Crippen LogP contribution < -0.4 is 5.32 Å². The minimum atomic E-state index is -0.398. The van der Waals surface area contributed by atoms with Crippen molar-refractivity contribution in [1.29, 1.82) is 5.26 Å². The maximum Gasteiger partial charge on any atom is 0.149 e. The molecule has 22 heavy (non-hydrogen) atoms. The molecule has 0 aliphatic heterocycles. The zero-order valence-electron chi connectivity index (χ0n) is 12.3. The van der Waals surface area contributed by atoms with Crippen molar-refractivity contribution in [3.8, 4) is 6.07 Å². The number of hydrogen-bond acceptors (Lipinski definition) is 3. The van der Waals surface area contributed by atoms with Crippen molar-refractivity contribution in [3.63, 3.8) is 0 Å². The lowest BCUT2D eigenvalue weighted by Gasteiger charge is -2.13.